The molecule has 5 nitrogen and oxygen atoms in total. The highest BCUT2D eigenvalue weighted by molar-refractivity contribution is 5.95. The number of hydrogen-bond donors (Lipinski definition) is 3. The maximum atomic E-state index is 8.60. The molecule has 1 rings (SSSR count). The summed E-state index contributed by atoms with van der Waals surface area (Å²) in [6.45, 7) is 7.34. The average molecular weight is 250 g/mol. The molecular formula is C13H22N4O. The van der Waals surface area contributed by atoms with E-state index < -0.39 is 0 Å². The summed E-state index contributed by atoms with van der Waals surface area (Å²) in [5.41, 5.74) is 7.07. The summed E-state index contributed by atoms with van der Waals surface area (Å²) >= 11 is 0. The summed E-state index contributed by atoms with van der Waals surface area (Å²) in [5.74, 6) is 0.713. The van der Waals surface area contributed by atoms with Crippen molar-refractivity contribution in [1.29, 1.82) is 0 Å². The summed E-state index contributed by atoms with van der Waals surface area (Å²) in [6, 6.07) is 4.21. The van der Waals surface area contributed by atoms with Crippen LogP contribution in [0.3, 0.4) is 0 Å². The molecule has 0 bridgehead atoms. The molecule has 4 N–H and O–H groups in total. The summed E-state index contributed by atoms with van der Waals surface area (Å²) in [4.78, 5) is 4.04. The first-order chi connectivity index (χ1) is 8.52. The van der Waals surface area contributed by atoms with Gasteiger partial charge in [0.2, 0.25) is 0 Å². The highest BCUT2D eigenvalue weighted by Gasteiger charge is 2.06. The van der Waals surface area contributed by atoms with Crippen LogP contribution >= 0.6 is 0 Å². The molecule has 100 valence electrons. The average Bonchev–Trinajstić information content (AvgIpc) is 2.35. The molecule has 0 aliphatic rings. The van der Waals surface area contributed by atoms with Crippen LogP contribution in [0.2, 0.25) is 0 Å². The molecule has 1 atom stereocenters. The van der Waals surface area contributed by atoms with Gasteiger partial charge in [0.15, 0.2) is 5.84 Å². The SMILES string of the molecule is CC(C)CC(C)NCc1ccnc(C(N)=NO)c1. The number of nitrogens with zero attached hydrogens (tertiary/aromatic N) is 2. The third kappa shape index (κ3) is 4.71. The molecule has 1 aromatic heterocycles. The Balaban J connectivity index is 2.57. The van der Waals surface area contributed by atoms with Crippen LogP contribution in [0.4, 0.5) is 0 Å². The third-order valence-corrected chi connectivity index (χ3v) is 2.67. The number of rotatable bonds is 6. The Hall–Kier alpha value is -1.62. The van der Waals surface area contributed by atoms with Crippen molar-refractivity contribution in [3.05, 3.63) is 29.6 Å². The molecule has 0 aliphatic carbocycles. The van der Waals surface area contributed by atoms with Gasteiger partial charge in [0, 0.05) is 18.8 Å². The van der Waals surface area contributed by atoms with Gasteiger partial charge in [-0.15, -0.1) is 0 Å². The maximum absolute atomic E-state index is 8.60. The minimum Gasteiger partial charge on any atom is -0.409 e. The van der Waals surface area contributed by atoms with Crippen LogP contribution in [0.25, 0.3) is 0 Å². The van der Waals surface area contributed by atoms with Crippen molar-refractivity contribution in [3.8, 4) is 0 Å². The molecular weight excluding hydrogens is 228 g/mol. The highest BCUT2D eigenvalue weighted by atomic mass is 16.4. The molecule has 0 radical (unpaired) electrons. The largest absolute Gasteiger partial charge is 0.409 e. The fourth-order valence-corrected chi connectivity index (χ4v) is 1.86. The fourth-order valence-electron chi connectivity index (χ4n) is 1.86. The van der Waals surface area contributed by atoms with Gasteiger partial charge < -0.3 is 16.3 Å². The van der Waals surface area contributed by atoms with Gasteiger partial charge in [0.05, 0.1) is 0 Å². The first kappa shape index (κ1) is 14.4. The molecule has 1 heterocycles. The Bertz CT molecular complexity index is 404. The van der Waals surface area contributed by atoms with Gasteiger partial charge in [0.1, 0.15) is 5.69 Å². The van der Waals surface area contributed by atoms with Gasteiger partial charge in [0.25, 0.3) is 0 Å². The molecule has 1 aromatic rings. The number of nitrogens with one attached hydrogen (secondary N) is 1. The van der Waals surface area contributed by atoms with Gasteiger partial charge in [-0.25, -0.2) is 0 Å². The first-order valence-corrected chi connectivity index (χ1v) is 6.19. The molecule has 0 saturated heterocycles. The molecule has 5 heteroatoms. The molecule has 0 aromatic carbocycles. The van der Waals surface area contributed by atoms with Crippen LogP contribution in [-0.4, -0.2) is 22.1 Å². The molecule has 0 spiro atoms. The van der Waals surface area contributed by atoms with Crippen molar-refractivity contribution in [1.82, 2.24) is 10.3 Å². The van der Waals surface area contributed by atoms with E-state index in [-0.39, 0.29) is 5.84 Å². The summed E-state index contributed by atoms with van der Waals surface area (Å²) in [5, 5.41) is 15.0. The van der Waals surface area contributed by atoms with Gasteiger partial charge in [-0.1, -0.05) is 19.0 Å². The van der Waals surface area contributed by atoms with Crippen LogP contribution in [0, 0.1) is 5.92 Å². The van der Waals surface area contributed by atoms with E-state index in [0.29, 0.717) is 17.7 Å². The lowest BCUT2D eigenvalue weighted by molar-refractivity contribution is 0.318. The van der Waals surface area contributed by atoms with E-state index in [1.54, 1.807) is 6.20 Å². The minimum atomic E-state index is 0.0343. The zero-order valence-corrected chi connectivity index (χ0v) is 11.2. The Morgan fingerprint density at radius 3 is 2.83 bits per heavy atom. The fraction of sp³-hybridized carbons (Fsp3) is 0.538. The van der Waals surface area contributed by atoms with Crippen LogP contribution in [0.5, 0.6) is 0 Å². The second-order valence-corrected chi connectivity index (χ2v) is 4.95. The quantitative estimate of drug-likeness (QED) is 0.310. The van der Waals surface area contributed by atoms with E-state index in [1.807, 2.05) is 12.1 Å². The molecule has 0 aliphatic heterocycles. The van der Waals surface area contributed by atoms with Gasteiger partial charge >= 0.3 is 0 Å². The van der Waals surface area contributed by atoms with Crippen molar-refractivity contribution in [2.75, 3.05) is 0 Å². The lowest BCUT2D eigenvalue weighted by Crippen LogP contribution is -2.27. The monoisotopic (exact) mass is 250 g/mol. The van der Waals surface area contributed by atoms with Gasteiger partial charge in [-0.05, 0) is 37.0 Å². The van der Waals surface area contributed by atoms with Crippen molar-refractivity contribution < 1.29 is 5.21 Å². The summed E-state index contributed by atoms with van der Waals surface area (Å²) in [7, 11) is 0. The molecule has 0 fully saturated rings. The number of oxime groups is 1. The van der Waals surface area contributed by atoms with Gasteiger partial charge in [-0.2, -0.15) is 0 Å². The van der Waals surface area contributed by atoms with Crippen LogP contribution in [-0.2, 0) is 6.54 Å². The van der Waals surface area contributed by atoms with E-state index in [2.05, 4.69) is 36.2 Å². The van der Waals surface area contributed by atoms with Crippen molar-refractivity contribution >= 4 is 5.84 Å². The molecule has 0 amide bonds. The lowest BCUT2D eigenvalue weighted by atomic mass is 10.1. The number of hydrogen-bond acceptors (Lipinski definition) is 4. The molecule has 18 heavy (non-hydrogen) atoms. The number of amidine groups is 1. The molecule has 1 unspecified atom stereocenters. The zero-order valence-electron chi connectivity index (χ0n) is 11.2. The van der Waals surface area contributed by atoms with E-state index in [9.17, 15) is 0 Å². The predicted molar refractivity (Wildman–Crippen MR) is 72.5 cm³/mol. The van der Waals surface area contributed by atoms with Crippen LogP contribution < -0.4 is 11.1 Å². The summed E-state index contributed by atoms with van der Waals surface area (Å²) < 4.78 is 0. The van der Waals surface area contributed by atoms with E-state index >= 15 is 0 Å². The number of aromatic nitrogens is 1. The van der Waals surface area contributed by atoms with E-state index in [1.165, 1.54) is 0 Å². The minimum absolute atomic E-state index is 0.0343. The Morgan fingerprint density at radius 1 is 1.50 bits per heavy atom. The smallest absolute Gasteiger partial charge is 0.188 e. The van der Waals surface area contributed by atoms with Crippen molar-refractivity contribution in [2.45, 2.75) is 39.8 Å². The predicted octanol–water partition coefficient (Wildman–Crippen LogP) is 1.70. The normalized spacial score (nSPS) is 13.9. The number of pyridine rings is 1. The third-order valence-electron chi connectivity index (χ3n) is 2.67. The maximum Gasteiger partial charge on any atom is 0.188 e. The Labute approximate surface area is 108 Å². The van der Waals surface area contributed by atoms with Crippen molar-refractivity contribution in [3.63, 3.8) is 0 Å². The Morgan fingerprint density at radius 2 is 2.22 bits per heavy atom. The topological polar surface area (TPSA) is 83.5 Å². The number of nitrogens with two attached hydrogens (primary N) is 1. The van der Waals surface area contributed by atoms with Crippen LogP contribution in [0.15, 0.2) is 23.5 Å². The second-order valence-electron chi connectivity index (χ2n) is 4.95. The van der Waals surface area contributed by atoms with Crippen LogP contribution in [0.1, 0.15) is 38.4 Å². The Kier molecular flexibility index (Phi) is 5.58. The van der Waals surface area contributed by atoms with Gasteiger partial charge in [-0.3, -0.25) is 4.98 Å². The van der Waals surface area contributed by atoms with E-state index in [0.717, 1.165) is 18.5 Å². The standard InChI is InChI=1S/C13H22N4O/c1-9(2)6-10(3)16-8-11-4-5-15-12(7-11)13(14)17-18/h4-5,7,9-10,16,18H,6,8H2,1-3H3,(H2,14,17). The first-order valence-electron chi connectivity index (χ1n) is 6.19. The van der Waals surface area contributed by atoms with Crippen molar-refractivity contribution in [2.24, 2.45) is 16.8 Å². The highest BCUT2D eigenvalue weighted by Crippen LogP contribution is 2.06. The lowest BCUT2D eigenvalue weighted by Gasteiger charge is -2.16. The zero-order chi connectivity index (χ0) is 13.5. The summed E-state index contributed by atoms with van der Waals surface area (Å²) in [6.07, 6.45) is 2.80. The molecule has 0 saturated carbocycles. The second kappa shape index (κ2) is 6.96. The van der Waals surface area contributed by atoms with E-state index in [4.69, 9.17) is 10.9 Å².